The van der Waals surface area contributed by atoms with Crippen LogP contribution in [0.1, 0.15) is 11.6 Å². The van der Waals surface area contributed by atoms with E-state index in [1.807, 2.05) is 30.3 Å². The number of thioether (sulfide) groups is 1. The van der Waals surface area contributed by atoms with Gasteiger partial charge in [-0.2, -0.15) is 0 Å². The van der Waals surface area contributed by atoms with Crippen LogP contribution < -0.4 is 15.4 Å². The summed E-state index contributed by atoms with van der Waals surface area (Å²) in [7, 11) is 2.86. The fraction of sp³-hybridized carbons (Fsp3) is 0.190. The number of nitrogens with zero attached hydrogens (tertiary/aromatic N) is 1. The first-order valence-electron chi connectivity index (χ1n) is 9.10. The van der Waals surface area contributed by atoms with Crippen molar-refractivity contribution >= 4 is 34.9 Å². The number of aromatic nitrogens is 1. The molecule has 1 aliphatic heterocycles. The molecule has 154 valence electrons. The van der Waals surface area contributed by atoms with Gasteiger partial charge < -0.3 is 24.5 Å². The van der Waals surface area contributed by atoms with Crippen LogP contribution in [-0.4, -0.2) is 37.0 Å². The zero-order valence-corrected chi connectivity index (χ0v) is 17.1. The molecule has 0 fully saturated rings. The maximum Gasteiger partial charge on any atom is 0.338 e. The number of hydrogen-bond acceptors (Lipinski definition) is 7. The van der Waals surface area contributed by atoms with E-state index in [1.165, 1.54) is 18.9 Å². The summed E-state index contributed by atoms with van der Waals surface area (Å²) >= 11 is 1.28. The Bertz CT molecular complexity index is 1110. The summed E-state index contributed by atoms with van der Waals surface area (Å²) in [5.41, 5.74) is 2.87. The number of carbonyl (C=O) groups is 2. The number of hydrogen-bond donors (Lipinski definition) is 2. The van der Waals surface area contributed by atoms with Gasteiger partial charge >= 0.3 is 12.0 Å². The van der Waals surface area contributed by atoms with Crippen molar-refractivity contribution in [2.45, 2.75) is 11.3 Å². The molecule has 0 saturated carbocycles. The molecule has 1 atom stereocenters. The first kappa shape index (κ1) is 19.8. The second kappa shape index (κ2) is 8.50. The third-order valence-electron chi connectivity index (χ3n) is 4.60. The first-order chi connectivity index (χ1) is 14.6. The van der Waals surface area contributed by atoms with Gasteiger partial charge in [0.15, 0.2) is 5.58 Å². The van der Waals surface area contributed by atoms with Crippen molar-refractivity contribution in [2.75, 3.05) is 20.0 Å². The SMILES string of the molecule is COC(=O)C1=C(CSc2nc3ccccc3o2)NC(=O)NC1c1cccc(OC)c1. The van der Waals surface area contributed by atoms with Crippen molar-refractivity contribution < 1.29 is 23.5 Å². The highest BCUT2D eigenvalue weighted by Gasteiger charge is 2.33. The molecule has 0 saturated heterocycles. The highest BCUT2D eigenvalue weighted by molar-refractivity contribution is 7.99. The van der Waals surface area contributed by atoms with Gasteiger partial charge in [-0.25, -0.2) is 14.6 Å². The minimum Gasteiger partial charge on any atom is -0.497 e. The minimum absolute atomic E-state index is 0.269. The molecule has 0 radical (unpaired) electrons. The average Bonchev–Trinajstić information content (AvgIpc) is 3.20. The summed E-state index contributed by atoms with van der Waals surface area (Å²) in [6, 6.07) is 13.5. The number of urea groups is 1. The quantitative estimate of drug-likeness (QED) is 0.461. The fourth-order valence-electron chi connectivity index (χ4n) is 3.20. The summed E-state index contributed by atoms with van der Waals surface area (Å²) in [5.74, 6) is 0.348. The zero-order valence-electron chi connectivity index (χ0n) is 16.3. The van der Waals surface area contributed by atoms with Crippen molar-refractivity contribution in [1.82, 2.24) is 15.6 Å². The number of methoxy groups -OCH3 is 2. The molecule has 1 aliphatic rings. The molecule has 9 heteroatoms. The molecular weight excluding hydrogens is 406 g/mol. The maximum absolute atomic E-state index is 12.6. The summed E-state index contributed by atoms with van der Waals surface area (Å²) in [5, 5.41) is 5.95. The normalized spacial score (nSPS) is 16.2. The summed E-state index contributed by atoms with van der Waals surface area (Å²) in [6.07, 6.45) is 0. The Hall–Kier alpha value is -3.46. The predicted molar refractivity (Wildman–Crippen MR) is 111 cm³/mol. The summed E-state index contributed by atoms with van der Waals surface area (Å²) in [6.45, 7) is 0. The second-order valence-electron chi connectivity index (χ2n) is 6.43. The Labute approximate surface area is 176 Å². The van der Waals surface area contributed by atoms with E-state index in [4.69, 9.17) is 13.9 Å². The van der Waals surface area contributed by atoms with Crippen LogP contribution in [0.15, 0.2) is 69.4 Å². The molecule has 2 aromatic carbocycles. The van der Waals surface area contributed by atoms with E-state index in [0.717, 1.165) is 5.52 Å². The van der Waals surface area contributed by atoms with Crippen molar-refractivity contribution in [3.8, 4) is 5.75 Å². The number of benzene rings is 2. The molecule has 8 nitrogen and oxygen atoms in total. The molecule has 1 aromatic heterocycles. The lowest BCUT2D eigenvalue weighted by Gasteiger charge is -2.29. The van der Waals surface area contributed by atoms with Crippen LogP contribution >= 0.6 is 11.8 Å². The molecule has 0 bridgehead atoms. The lowest BCUT2D eigenvalue weighted by Crippen LogP contribution is -2.46. The number of carbonyl (C=O) groups excluding carboxylic acids is 2. The van der Waals surface area contributed by atoms with Gasteiger partial charge in [0.1, 0.15) is 11.3 Å². The van der Waals surface area contributed by atoms with Crippen molar-refractivity contribution in [3.63, 3.8) is 0 Å². The standard InChI is InChI=1S/C21H19N3O5S/c1-27-13-7-5-6-12(10-13)18-17(19(25)28-2)15(22-20(26)24-18)11-30-21-23-14-8-3-4-9-16(14)29-21/h3-10,18H,11H2,1-2H3,(H2,22,24,26). The van der Waals surface area contributed by atoms with E-state index in [1.54, 1.807) is 25.3 Å². The lowest BCUT2D eigenvalue weighted by molar-refractivity contribution is -0.136. The number of amides is 2. The van der Waals surface area contributed by atoms with Crippen molar-refractivity contribution in [2.24, 2.45) is 0 Å². The van der Waals surface area contributed by atoms with Gasteiger partial charge in [0.05, 0.1) is 25.8 Å². The number of fused-ring (bicyclic) bond motifs is 1. The molecule has 30 heavy (non-hydrogen) atoms. The highest BCUT2D eigenvalue weighted by Crippen LogP contribution is 2.32. The molecular formula is C21H19N3O5S. The Morgan fingerprint density at radius 2 is 2.03 bits per heavy atom. The van der Waals surface area contributed by atoms with Crippen molar-refractivity contribution in [3.05, 3.63) is 65.4 Å². The van der Waals surface area contributed by atoms with E-state index in [0.29, 0.717) is 33.4 Å². The topological polar surface area (TPSA) is 103 Å². The predicted octanol–water partition coefficient (Wildman–Crippen LogP) is 3.41. The van der Waals surface area contributed by atoms with Crippen LogP contribution in [0.5, 0.6) is 5.75 Å². The number of nitrogens with one attached hydrogen (secondary N) is 2. The van der Waals surface area contributed by atoms with Crippen LogP contribution in [0.4, 0.5) is 4.79 Å². The molecule has 1 unspecified atom stereocenters. The fourth-order valence-corrected chi connectivity index (χ4v) is 4.01. The Kier molecular flexibility index (Phi) is 5.62. The number of ether oxygens (including phenoxy) is 2. The highest BCUT2D eigenvalue weighted by atomic mass is 32.2. The van der Waals surface area contributed by atoms with Gasteiger partial charge in [-0.05, 0) is 29.8 Å². The largest absolute Gasteiger partial charge is 0.497 e. The van der Waals surface area contributed by atoms with Gasteiger partial charge in [0.2, 0.25) is 0 Å². The molecule has 0 aliphatic carbocycles. The smallest absolute Gasteiger partial charge is 0.338 e. The van der Waals surface area contributed by atoms with Crippen molar-refractivity contribution in [1.29, 1.82) is 0 Å². The second-order valence-corrected chi connectivity index (χ2v) is 7.35. The summed E-state index contributed by atoms with van der Waals surface area (Å²) in [4.78, 5) is 29.4. The third kappa shape index (κ3) is 3.97. The first-order valence-corrected chi connectivity index (χ1v) is 10.1. The molecule has 4 rings (SSSR count). The van der Waals surface area contributed by atoms with Crippen LogP contribution in [0, 0.1) is 0 Å². The Morgan fingerprint density at radius 1 is 1.20 bits per heavy atom. The van der Waals surface area contributed by atoms with Crippen LogP contribution in [0.25, 0.3) is 11.1 Å². The van der Waals surface area contributed by atoms with E-state index in [2.05, 4.69) is 15.6 Å². The maximum atomic E-state index is 12.6. The number of esters is 1. The van der Waals surface area contributed by atoms with Crippen LogP contribution in [-0.2, 0) is 9.53 Å². The van der Waals surface area contributed by atoms with Gasteiger partial charge in [-0.3, -0.25) is 0 Å². The van der Waals surface area contributed by atoms with E-state index in [9.17, 15) is 9.59 Å². The number of oxazole rings is 1. The lowest BCUT2D eigenvalue weighted by atomic mass is 9.95. The zero-order chi connectivity index (χ0) is 21.1. The Balaban J connectivity index is 1.68. The van der Waals surface area contributed by atoms with Gasteiger partial charge in [0.25, 0.3) is 5.22 Å². The van der Waals surface area contributed by atoms with Crippen LogP contribution in [0.3, 0.4) is 0 Å². The van der Waals surface area contributed by atoms with Crippen LogP contribution in [0.2, 0.25) is 0 Å². The molecule has 0 spiro atoms. The third-order valence-corrected chi connectivity index (χ3v) is 5.45. The monoisotopic (exact) mass is 425 g/mol. The van der Waals surface area contributed by atoms with E-state index >= 15 is 0 Å². The Morgan fingerprint density at radius 3 is 2.80 bits per heavy atom. The number of rotatable bonds is 6. The minimum atomic E-state index is -0.680. The van der Waals surface area contributed by atoms with Gasteiger partial charge in [-0.15, -0.1) is 0 Å². The molecule has 2 heterocycles. The summed E-state index contributed by atoms with van der Waals surface area (Å²) < 4.78 is 16.0. The van der Waals surface area contributed by atoms with E-state index < -0.39 is 18.0 Å². The van der Waals surface area contributed by atoms with E-state index in [-0.39, 0.29) is 5.75 Å². The average molecular weight is 425 g/mol. The number of para-hydroxylation sites is 2. The molecule has 3 aromatic rings. The van der Waals surface area contributed by atoms with Gasteiger partial charge in [0, 0.05) is 11.4 Å². The molecule has 2 N–H and O–H groups in total. The van der Waals surface area contributed by atoms with Gasteiger partial charge in [-0.1, -0.05) is 36.0 Å². The molecule has 2 amide bonds.